The monoisotopic (exact) mass is 218 g/mol. The third-order valence-corrected chi connectivity index (χ3v) is 2.03. The highest BCUT2D eigenvalue weighted by Gasteiger charge is 2.09. The van der Waals surface area contributed by atoms with Crippen molar-refractivity contribution >= 4 is 11.8 Å². The van der Waals surface area contributed by atoms with E-state index in [1.54, 1.807) is 26.0 Å². The first-order valence-electron chi connectivity index (χ1n) is 4.88. The van der Waals surface area contributed by atoms with Crippen molar-refractivity contribution in [2.24, 2.45) is 0 Å². The molecular formula is C12H14N2O2. The van der Waals surface area contributed by atoms with E-state index in [0.29, 0.717) is 23.6 Å². The van der Waals surface area contributed by atoms with E-state index in [-0.39, 0.29) is 5.97 Å². The van der Waals surface area contributed by atoms with Crippen LogP contribution in [-0.4, -0.2) is 24.6 Å². The van der Waals surface area contributed by atoms with Crippen molar-refractivity contribution < 1.29 is 9.53 Å². The summed E-state index contributed by atoms with van der Waals surface area (Å²) in [5.74, 6) is 5.98. The number of anilines is 1. The lowest BCUT2D eigenvalue weighted by atomic mass is 10.2. The maximum absolute atomic E-state index is 11.3. The molecule has 1 N–H and O–H groups in total. The maximum Gasteiger partial charge on any atom is 0.339 e. The summed E-state index contributed by atoms with van der Waals surface area (Å²) in [6, 6.07) is 3.42. The molecule has 0 unspecified atom stereocenters. The van der Waals surface area contributed by atoms with Crippen molar-refractivity contribution in [3.63, 3.8) is 0 Å². The molecule has 0 aromatic carbocycles. The molecule has 0 spiro atoms. The minimum absolute atomic E-state index is 0.370. The fourth-order valence-corrected chi connectivity index (χ4v) is 1.21. The van der Waals surface area contributed by atoms with Gasteiger partial charge >= 0.3 is 5.97 Å². The van der Waals surface area contributed by atoms with Crippen LogP contribution in [-0.2, 0) is 4.74 Å². The third-order valence-electron chi connectivity index (χ3n) is 2.03. The van der Waals surface area contributed by atoms with Crippen LogP contribution in [0.3, 0.4) is 0 Å². The first-order chi connectivity index (χ1) is 7.69. The number of nitrogens with zero attached hydrogens (tertiary/aromatic N) is 1. The second-order valence-corrected chi connectivity index (χ2v) is 3.10. The molecule has 0 aliphatic heterocycles. The number of carbonyl (C=O) groups excluding carboxylic acids is 1. The molecule has 1 heterocycles. The zero-order valence-electron chi connectivity index (χ0n) is 9.63. The average molecular weight is 218 g/mol. The van der Waals surface area contributed by atoms with Crippen molar-refractivity contribution in [1.29, 1.82) is 0 Å². The summed E-state index contributed by atoms with van der Waals surface area (Å²) in [5, 5.41) is 3.03. The van der Waals surface area contributed by atoms with Crippen molar-refractivity contribution in [2.45, 2.75) is 13.8 Å². The highest BCUT2D eigenvalue weighted by atomic mass is 16.5. The van der Waals surface area contributed by atoms with Gasteiger partial charge in [-0.1, -0.05) is 5.92 Å². The van der Waals surface area contributed by atoms with Crippen molar-refractivity contribution in [3.05, 3.63) is 23.4 Å². The van der Waals surface area contributed by atoms with E-state index in [2.05, 4.69) is 26.9 Å². The quantitative estimate of drug-likeness (QED) is 0.618. The number of aromatic nitrogens is 1. The van der Waals surface area contributed by atoms with Crippen LogP contribution in [0.5, 0.6) is 0 Å². The van der Waals surface area contributed by atoms with Gasteiger partial charge in [-0.3, -0.25) is 0 Å². The van der Waals surface area contributed by atoms with E-state index < -0.39 is 0 Å². The fourth-order valence-electron chi connectivity index (χ4n) is 1.21. The summed E-state index contributed by atoms with van der Waals surface area (Å²) in [4.78, 5) is 15.5. The molecule has 4 nitrogen and oxygen atoms in total. The molecule has 4 heteroatoms. The van der Waals surface area contributed by atoms with Crippen LogP contribution in [0.4, 0.5) is 5.82 Å². The summed E-state index contributed by atoms with van der Waals surface area (Å²) in [6.45, 7) is 4.09. The summed E-state index contributed by atoms with van der Waals surface area (Å²) in [6.07, 6.45) is 0. The van der Waals surface area contributed by atoms with Gasteiger partial charge in [0.25, 0.3) is 0 Å². The molecule has 0 aliphatic carbocycles. The summed E-state index contributed by atoms with van der Waals surface area (Å²) < 4.78 is 4.63. The first-order valence-corrected chi connectivity index (χ1v) is 4.88. The average Bonchev–Trinajstić information content (AvgIpc) is 2.29. The van der Waals surface area contributed by atoms with Crippen LogP contribution in [0.25, 0.3) is 0 Å². The number of esters is 1. The Morgan fingerprint density at radius 3 is 2.88 bits per heavy atom. The van der Waals surface area contributed by atoms with Gasteiger partial charge in [-0.05, 0) is 26.0 Å². The third kappa shape index (κ3) is 2.99. The molecule has 0 radical (unpaired) electrons. The van der Waals surface area contributed by atoms with E-state index in [1.165, 1.54) is 7.11 Å². The highest BCUT2D eigenvalue weighted by molar-refractivity contribution is 5.90. The molecule has 0 saturated heterocycles. The lowest BCUT2D eigenvalue weighted by Gasteiger charge is -2.06. The molecule has 16 heavy (non-hydrogen) atoms. The van der Waals surface area contributed by atoms with Gasteiger partial charge in [-0.15, -0.1) is 5.92 Å². The van der Waals surface area contributed by atoms with E-state index in [0.717, 1.165) is 0 Å². The number of hydrogen-bond donors (Lipinski definition) is 1. The van der Waals surface area contributed by atoms with Crippen molar-refractivity contribution in [1.82, 2.24) is 4.98 Å². The maximum atomic E-state index is 11.3. The van der Waals surface area contributed by atoms with E-state index in [4.69, 9.17) is 0 Å². The summed E-state index contributed by atoms with van der Waals surface area (Å²) in [5.41, 5.74) is 1.12. The second kappa shape index (κ2) is 5.76. The normalized spacial score (nSPS) is 8.94. The summed E-state index contributed by atoms with van der Waals surface area (Å²) >= 11 is 0. The molecule has 84 valence electrons. The zero-order valence-corrected chi connectivity index (χ0v) is 9.63. The van der Waals surface area contributed by atoms with Crippen LogP contribution in [0.1, 0.15) is 23.0 Å². The number of pyridine rings is 1. The van der Waals surface area contributed by atoms with Gasteiger partial charge in [-0.25, -0.2) is 9.78 Å². The summed E-state index contributed by atoms with van der Waals surface area (Å²) in [7, 11) is 1.35. The predicted molar refractivity (Wildman–Crippen MR) is 62.3 cm³/mol. The van der Waals surface area contributed by atoms with Gasteiger partial charge in [0.1, 0.15) is 5.82 Å². The van der Waals surface area contributed by atoms with Crippen molar-refractivity contribution in [3.8, 4) is 11.8 Å². The van der Waals surface area contributed by atoms with Gasteiger partial charge < -0.3 is 10.1 Å². The van der Waals surface area contributed by atoms with E-state index in [9.17, 15) is 4.79 Å². The number of carbonyl (C=O) groups is 1. The van der Waals surface area contributed by atoms with E-state index >= 15 is 0 Å². The molecule has 0 saturated carbocycles. The van der Waals surface area contributed by atoms with Crippen LogP contribution >= 0.6 is 0 Å². The number of ether oxygens (including phenoxy) is 1. The lowest BCUT2D eigenvalue weighted by molar-refractivity contribution is 0.0599. The molecule has 0 amide bonds. The molecule has 1 rings (SSSR count). The Morgan fingerprint density at radius 2 is 2.31 bits per heavy atom. The lowest BCUT2D eigenvalue weighted by Crippen LogP contribution is -2.08. The smallest absolute Gasteiger partial charge is 0.339 e. The van der Waals surface area contributed by atoms with Gasteiger partial charge in [-0.2, -0.15) is 0 Å². The Balaban J connectivity index is 2.81. The van der Waals surface area contributed by atoms with Gasteiger partial charge in [0.2, 0.25) is 0 Å². The Kier molecular flexibility index (Phi) is 4.34. The molecule has 0 bridgehead atoms. The topological polar surface area (TPSA) is 51.2 Å². The number of aryl methyl sites for hydroxylation is 1. The Labute approximate surface area is 95.0 Å². The number of methoxy groups -OCH3 is 1. The van der Waals surface area contributed by atoms with Gasteiger partial charge in [0.15, 0.2) is 0 Å². The second-order valence-electron chi connectivity index (χ2n) is 3.10. The molecule has 1 aromatic rings. The first kappa shape index (κ1) is 12.1. The minimum Gasteiger partial charge on any atom is -0.465 e. The van der Waals surface area contributed by atoms with Crippen LogP contribution < -0.4 is 5.32 Å². The highest BCUT2D eigenvalue weighted by Crippen LogP contribution is 2.11. The Hall–Kier alpha value is -2.02. The van der Waals surface area contributed by atoms with Crippen LogP contribution in [0.2, 0.25) is 0 Å². The largest absolute Gasteiger partial charge is 0.465 e. The van der Waals surface area contributed by atoms with E-state index in [1.807, 2.05) is 0 Å². The predicted octanol–water partition coefficient (Wildman–Crippen LogP) is 1.61. The Morgan fingerprint density at radius 1 is 1.56 bits per heavy atom. The van der Waals surface area contributed by atoms with Crippen LogP contribution in [0, 0.1) is 18.8 Å². The SMILES string of the molecule is CC#CCNc1ccc(C(=O)OC)c(C)n1. The van der Waals surface area contributed by atoms with Crippen LogP contribution in [0.15, 0.2) is 12.1 Å². The molecule has 1 aromatic heterocycles. The minimum atomic E-state index is -0.370. The Bertz CT molecular complexity index is 444. The molecule has 0 fully saturated rings. The zero-order chi connectivity index (χ0) is 12.0. The fraction of sp³-hybridized carbons (Fsp3) is 0.333. The van der Waals surface area contributed by atoms with Crippen molar-refractivity contribution in [2.75, 3.05) is 19.0 Å². The molecule has 0 aliphatic rings. The number of nitrogens with one attached hydrogen (secondary N) is 1. The standard InChI is InChI=1S/C12H14N2O2/c1-4-5-8-13-11-7-6-10(9(2)14-11)12(15)16-3/h6-7H,8H2,1-3H3,(H,13,14). The number of hydrogen-bond acceptors (Lipinski definition) is 4. The van der Waals surface area contributed by atoms with Gasteiger partial charge in [0.05, 0.1) is 24.9 Å². The molecular weight excluding hydrogens is 204 g/mol. The molecule has 0 atom stereocenters. The van der Waals surface area contributed by atoms with Gasteiger partial charge in [0, 0.05) is 0 Å². The number of rotatable bonds is 3.